The highest BCUT2D eigenvalue weighted by atomic mass is 16.1. The summed E-state index contributed by atoms with van der Waals surface area (Å²) in [6, 6.07) is 0. The van der Waals surface area contributed by atoms with Crippen molar-refractivity contribution in [3.63, 3.8) is 0 Å². The summed E-state index contributed by atoms with van der Waals surface area (Å²) in [5.74, 6) is 1.50. The Morgan fingerprint density at radius 1 is 1.58 bits per heavy atom. The van der Waals surface area contributed by atoms with Gasteiger partial charge in [0.15, 0.2) is 0 Å². The van der Waals surface area contributed by atoms with E-state index in [1.54, 1.807) is 0 Å². The molecule has 1 fully saturated rings. The number of ketones is 1. The van der Waals surface area contributed by atoms with Crippen molar-refractivity contribution in [1.29, 1.82) is 0 Å². The van der Waals surface area contributed by atoms with E-state index in [-0.39, 0.29) is 0 Å². The maximum atomic E-state index is 11.4. The molecule has 2 heteroatoms. The first kappa shape index (κ1) is 9.72. The highest BCUT2D eigenvalue weighted by molar-refractivity contribution is 5.82. The molecule has 12 heavy (non-hydrogen) atoms. The molecule has 0 amide bonds. The van der Waals surface area contributed by atoms with Crippen LogP contribution in [-0.2, 0) is 4.79 Å². The Bertz CT molecular complexity index is 154. The molecule has 1 atom stereocenters. The lowest BCUT2D eigenvalue weighted by Crippen LogP contribution is -2.36. The number of carbonyl (C=O) groups excluding carboxylic acids is 1. The molecule has 70 valence electrons. The van der Waals surface area contributed by atoms with Crippen LogP contribution in [0.4, 0.5) is 0 Å². The zero-order chi connectivity index (χ0) is 8.97. The van der Waals surface area contributed by atoms with Crippen molar-refractivity contribution in [3.8, 4) is 0 Å². The minimum Gasteiger partial charge on any atom is -0.316 e. The second-order valence-corrected chi connectivity index (χ2v) is 4.09. The molecule has 1 aliphatic rings. The highest BCUT2D eigenvalue weighted by Gasteiger charge is 2.21. The fourth-order valence-electron chi connectivity index (χ4n) is 1.60. The maximum absolute atomic E-state index is 11.4. The molecule has 1 heterocycles. The van der Waals surface area contributed by atoms with Gasteiger partial charge in [-0.1, -0.05) is 20.3 Å². The largest absolute Gasteiger partial charge is 0.316 e. The van der Waals surface area contributed by atoms with E-state index in [0.29, 0.717) is 11.7 Å². The van der Waals surface area contributed by atoms with Gasteiger partial charge in [0, 0.05) is 25.4 Å². The van der Waals surface area contributed by atoms with Crippen molar-refractivity contribution >= 4 is 5.78 Å². The normalized spacial score (nSPS) is 24.9. The van der Waals surface area contributed by atoms with Gasteiger partial charge in [0.05, 0.1) is 0 Å². The Labute approximate surface area is 74.7 Å². The predicted molar refractivity (Wildman–Crippen MR) is 50.1 cm³/mol. The lowest BCUT2D eigenvalue weighted by Gasteiger charge is -2.21. The van der Waals surface area contributed by atoms with Crippen LogP contribution in [0.1, 0.15) is 33.1 Å². The molecule has 0 aliphatic carbocycles. The van der Waals surface area contributed by atoms with Gasteiger partial charge in [-0.15, -0.1) is 0 Å². The van der Waals surface area contributed by atoms with E-state index in [2.05, 4.69) is 19.2 Å². The number of hydrogen-bond donors (Lipinski definition) is 1. The van der Waals surface area contributed by atoms with Gasteiger partial charge in [0.25, 0.3) is 0 Å². The van der Waals surface area contributed by atoms with Crippen molar-refractivity contribution in [2.24, 2.45) is 11.8 Å². The second-order valence-electron chi connectivity index (χ2n) is 4.09. The molecule has 1 N–H and O–H groups in total. The lowest BCUT2D eigenvalue weighted by atomic mass is 9.91. The minimum absolute atomic E-state index is 0.307. The Balaban J connectivity index is 2.25. The quantitative estimate of drug-likeness (QED) is 0.695. The monoisotopic (exact) mass is 169 g/mol. The molecule has 0 spiro atoms. The highest BCUT2D eigenvalue weighted by Crippen LogP contribution is 2.15. The second kappa shape index (κ2) is 4.61. The fraction of sp³-hybridized carbons (Fsp3) is 0.900. The van der Waals surface area contributed by atoms with Crippen molar-refractivity contribution in [3.05, 3.63) is 0 Å². The summed E-state index contributed by atoms with van der Waals surface area (Å²) in [6.07, 6.45) is 2.99. The number of piperidine rings is 1. The van der Waals surface area contributed by atoms with Gasteiger partial charge in [-0.2, -0.15) is 0 Å². The van der Waals surface area contributed by atoms with Crippen LogP contribution in [0.25, 0.3) is 0 Å². The fourth-order valence-corrected chi connectivity index (χ4v) is 1.60. The summed E-state index contributed by atoms with van der Waals surface area (Å²) in [4.78, 5) is 11.4. The van der Waals surface area contributed by atoms with E-state index < -0.39 is 0 Å². The molecule has 1 unspecified atom stereocenters. The molecule has 1 rings (SSSR count). The van der Waals surface area contributed by atoms with Crippen molar-refractivity contribution in [2.75, 3.05) is 13.1 Å². The molecule has 1 saturated heterocycles. The molecule has 0 radical (unpaired) electrons. The molecular formula is C10H19NO. The summed E-state index contributed by atoms with van der Waals surface area (Å²) < 4.78 is 0. The molecular weight excluding hydrogens is 150 g/mol. The first-order chi connectivity index (χ1) is 5.70. The SMILES string of the molecule is CC(C)CCC1CNCCC1=O. The van der Waals surface area contributed by atoms with Gasteiger partial charge in [-0.05, 0) is 12.3 Å². The van der Waals surface area contributed by atoms with Gasteiger partial charge < -0.3 is 5.32 Å². The number of hydrogen-bond acceptors (Lipinski definition) is 2. The van der Waals surface area contributed by atoms with Crippen LogP contribution in [0, 0.1) is 11.8 Å². The van der Waals surface area contributed by atoms with Crippen LogP contribution in [0.15, 0.2) is 0 Å². The smallest absolute Gasteiger partial charge is 0.138 e. The van der Waals surface area contributed by atoms with Gasteiger partial charge in [0.1, 0.15) is 5.78 Å². The first-order valence-electron chi connectivity index (χ1n) is 4.93. The van der Waals surface area contributed by atoms with E-state index >= 15 is 0 Å². The molecule has 0 saturated carbocycles. The van der Waals surface area contributed by atoms with E-state index in [4.69, 9.17) is 0 Å². The lowest BCUT2D eigenvalue weighted by molar-refractivity contribution is -0.124. The van der Waals surface area contributed by atoms with E-state index in [0.717, 1.165) is 31.8 Å². The molecule has 0 aromatic rings. The molecule has 0 bridgehead atoms. The Morgan fingerprint density at radius 2 is 2.33 bits per heavy atom. The molecule has 0 aromatic carbocycles. The van der Waals surface area contributed by atoms with E-state index in [9.17, 15) is 4.79 Å². The summed E-state index contributed by atoms with van der Waals surface area (Å²) in [6.45, 7) is 6.21. The van der Waals surface area contributed by atoms with Crippen LogP contribution in [0.2, 0.25) is 0 Å². The Hall–Kier alpha value is -0.370. The van der Waals surface area contributed by atoms with Crippen LogP contribution < -0.4 is 5.32 Å². The van der Waals surface area contributed by atoms with Crippen molar-refractivity contribution in [2.45, 2.75) is 33.1 Å². The molecule has 0 aromatic heterocycles. The summed E-state index contributed by atoms with van der Waals surface area (Å²) >= 11 is 0. The van der Waals surface area contributed by atoms with E-state index in [1.807, 2.05) is 0 Å². The zero-order valence-corrected chi connectivity index (χ0v) is 8.10. The number of Topliss-reactive ketones (excluding diaryl/α,β-unsaturated/α-hetero) is 1. The standard InChI is InChI=1S/C10H19NO/c1-8(2)3-4-9-7-11-6-5-10(9)12/h8-9,11H,3-7H2,1-2H3. The van der Waals surface area contributed by atoms with Gasteiger partial charge in [-0.3, -0.25) is 4.79 Å². The third kappa shape index (κ3) is 2.94. The predicted octanol–water partition coefficient (Wildman–Crippen LogP) is 1.60. The zero-order valence-electron chi connectivity index (χ0n) is 8.10. The van der Waals surface area contributed by atoms with Crippen LogP contribution in [0.3, 0.4) is 0 Å². The van der Waals surface area contributed by atoms with Gasteiger partial charge in [0.2, 0.25) is 0 Å². The number of carbonyl (C=O) groups is 1. The van der Waals surface area contributed by atoms with E-state index in [1.165, 1.54) is 6.42 Å². The first-order valence-corrected chi connectivity index (χ1v) is 4.93. The van der Waals surface area contributed by atoms with Gasteiger partial charge >= 0.3 is 0 Å². The Morgan fingerprint density at radius 3 is 2.92 bits per heavy atom. The maximum Gasteiger partial charge on any atom is 0.138 e. The summed E-state index contributed by atoms with van der Waals surface area (Å²) in [5, 5.41) is 3.27. The summed E-state index contributed by atoms with van der Waals surface area (Å²) in [7, 11) is 0. The number of rotatable bonds is 3. The van der Waals surface area contributed by atoms with Crippen molar-refractivity contribution < 1.29 is 4.79 Å². The minimum atomic E-state index is 0.307. The average Bonchev–Trinajstić information content (AvgIpc) is 2.03. The summed E-state index contributed by atoms with van der Waals surface area (Å²) in [5.41, 5.74) is 0. The number of nitrogens with one attached hydrogen (secondary N) is 1. The Kier molecular flexibility index (Phi) is 3.73. The van der Waals surface area contributed by atoms with Crippen molar-refractivity contribution in [1.82, 2.24) is 5.32 Å². The van der Waals surface area contributed by atoms with Crippen LogP contribution >= 0.6 is 0 Å². The topological polar surface area (TPSA) is 29.1 Å². The van der Waals surface area contributed by atoms with Crippen LogP contribution in [-0.4, -0.2) is 18.9 Å². The third-order valence-electron chi connectivity index (χ3n) is 2.49. The third-order valence-corrected chi connectivity index (χ3v) is 2.49. The van der Waals surface area contributed by atoms with Crippen LogP contribution in [0.5, 0.6) is 0 Å². The molecule has 1 aliphatic heterocycles. The molecule has 2 nitrogen and oxygen atoms in total. The van der Waals surface area contributed by atoms with Gasteiger partial charge in [-0.25, -0.2) is 0 Å². The average molecular weight is 169 g/mol.